The summed E-state index contributed by atoms with van der Waals surface area (Å²) < 4.78 is 23.7. The van der Waals surface area contributed by atoms with Crippen LogP contribution < -0.4 is 10.5 Å². The molecule has 0 aliphatic heterocycles. The maximum absolute atomic E-state index is 12.3. The van der Waals surface area contributed by atoms with Crippen LogP contribution in [0.1, 0.15) is 15.9 Å². The summed E-state index contributed by atoms with van der Waals surface area (Å²) in [5.41, 5.74) is 2.24. The molecule has 26 heavy (non-hydrogen) atoms. The molecular weight excluding hydrogens is 376 g/mol. The Morgan fingerprint density at radius 1 is 1.12 bits per heavy atom. The molecular formula is C17H15ClN4O3S. The predicted octanol–water partition coefficient (Wildman–Crippen LogP) is 2.57. The number of halogens is 1. The van der Waals surface area contributed by atoms with Crippen molar-refractivity contribution in [1.29, 1.82) is 0 Å². The third-order valence-corrected chi connectivity index (χ3v) is 4.50. The fraction of sp³-hybridized carbons (Fsp3) is 0.0588. The van der Waals surface area contributed by atoms with Crippen molar-refractivity contribution >= 4 is 33.2 Å². The van der Waals surface area contributed by atoms with Crippen LogP contribution in [0.25, 0.3) is 5.69 Å². The summed E-state index contributed by atoms with van der Waals surface area (Å²) in [6, 6.07) is 13.5. The van der Waals surface area contributed by atoms with Crippen molar-refractivity contribution in [2.24, 2.45) is 5.14 Å². The van der Waals surface area contributed by atoms with E-state index < -0.39 is 10.0 Å². The van der Waals surface area contributed by atoms with E-state index in [9.17, 15) is 13.2 Å². The maximum atomic E-state index is 12.3. The fourth-order valence-electron chi connectivity index (χ4n) is 2.29. The van der Waals surface area contributed by atoms with Gasteiger partial charge >= 0.3 is 0 Å². The van der Waals surface area contributed by atoms with Crippen LogP contribution in [0, 0.1) is 0 Å². The van der Waals surface area contributed by atoms with Crippen LogP contribution >= 0.6 is 11.6 Å². The summed E-state index contributed by atoms with van der Waals surface area (Å²) in [6.45, 7) is 0. The molecule has 2 aromatic carbocycles. The van der Waals surface area contributed by atoms with E-state index >= 15 is 0 Å². The summed E-state index contributed by atoms with van der Waals surface area (Å²) in [5.74, 6) is -0.584. The van der Waals surface area contributed by atoms with Crippen molar-refractivity contribution in [3.63, 3.8) is 0 Å². The van der Waals surface area contributed by atoms with Crippen molar-refractivity contribution in [3.05, 3.63) is 77.1 Å². The van der Waals surface area contributed by atoms with Gasteiger partial charge in [0, 0.05) is 16.9 Å². The number of anilines is 1. The molecule has 0 fully saturated rings. The Hall–Kier alpha value is -2.68. The molecule has 0 saturated heterocycles. The lowest BCUT2D eigenvalue weighted by atomic mass is 10.2. The monoisotopic (exact) mass is 390 g/mol. The van der Waals surface area contributed by atoms with Gasteiger partial charge in [-0.3, -0.25) is 4.79 Å². The Labute approximate surface area is 155 Å². The normalized spacial score (nSPS) is 11.3. The predicted molar refractivity (Wildman–Crippen MR) is 99.8 cm³/mol. The van der Waals surface area contributed by atoms with E-state index in [1.165, 1.54) is 6.20 Å². The number of carbonyl (C=O) groups excluding carboxylic acids is 1. The third-order valence-electron chi connectivity index (χ3n) is 3.52. The zero-order valence-electron chi connectivity index (χ0n) is 13.5. The summed E-state index contributed by atoms with van der Waals surface area (Å²) in [7, 11) is -3.59. The number of carbonyl (C=O) groups is 1. The lowest BCUT2D eigenvalue weighted by molar-refractivity contribution is 0.102. The van der Waals surface area contributed by atoms with Crippen molar-refractivity contribution < 1.29 is 13.2 Å². The lowest BCUT2D eigenvalue weighted by Crippen LogP contribution is -2.14. The van der Waals surface area contributed by atoms with Crippen LogP contribution in [0.5, 0.6) is 0 Å². The quantitative estimate of drug-likeness (QED) is 0.698. The van der Waals surface area contributed by atoms with Gasteiger partial charge in [-0.15, -0.1) is 0 Å². The average molecular weight is 391 g/mol. The minimum absolute atomic E-state index is 0.255. The summed E-state index contributed by atoms with van der Waals surface area (Å²) in [5, 5.41) is 12.5. The van der Waals surface area contributed by atoms with E-state index in [1.807, 2.05) is 0 Å². The Balaban J connectivity index is 1.69. The Bertz CT molecular complexity index is 1030. The van der Waals surface area contributed by atoms with Gasteiger partial charge in [0.2, 0.25) is 10.0 Å². The van der Waals surface area contributed by atoms with Crippen LogP contribution in [0.3, 0.4) is 0 Å². The summed E-state index contributed by atoms with van der Waals surface area (Å²) >= 11 is 5.86. The average Bonchev–Trinajstić information content (AvgIpc) is 3.06. The van der Waals surface area contributed by atoms with Crippen LogP contribution in [-0.2, 0) is 15.8 Å². The number of primary sulfonamides is 1. The van der Waals surface area contributed by atoms with Crippen LogP contribution in [0.2, 0.25) is 5.02 Å². The third kappa shape index (κ3) is 4.69. The molecule has 3 N–H and O–H groups in total. The molecule has 0 spiro atoms. The highest BCUT2D eigenvalue weighted by molar-refractivity contribution is 7.88. The molecule has 1 amide bonds. The first kappa shape index (κ1) is 18.1. The zero-order chi connectivity index (χ0) is 18.7. The second-order valence-electron chi connectivity index (χ2n) is 5.61. The van der Waals surface area contributed by atoms with Crippen molar-refractivity contribution in [2.75, 3.05) is 5.32 Å². The number of nitrogens with one attached hydrogen (secondary N) is 1. The molecule has 0 saturated carbocycles. The molecule has 1 heterocycles. The molecule has 134 valence electrons. The van der Waals surface area contributed by atoms with Gasteiger partial charge in [-0.1, -0.05) is 23.7 Å². The minimum atomic E-state index is -3.59. The van der Waals surface area contributed by atoms with Gasteiger partial charge < -0.3 is 5.32 Å². The number of benzene rings is 2. The molecule has 3 aromatic rings. The number of nitrogens with two attached hydrogens (primary N) is 1. The number of hydrogen-bond donors (Lipinski definition) is 2. The van der Waals surface area contributed by atoms with E-state index in [4.69, 9.17) is 16.7 Å². The van der Waals surface area contributed by atoms with Gasteiger partial charge in [0.15, 0.2) is 0 Å². The topological polar surface area (TPSA) is 107 Å². The number of nitrogens with zero attached hydrogens (tertiary/aromatic N) is 2. The van der Waals surface area contributed by atoms with Gasteiger partial charge in [-0.05, 0) is 42.0 Å². The summed E-state index contributed by atoms with van der Waals surface area (Å²) in [6.07, 6.45) is 3.06. The van der Waals surface area contributed by atoms with E-state index in [-0.39, 0.29) is 11.7 Å². The highest BCUT2D eigenvalue weighted by Crippen LogP contribution is 2.15. The minimum Gasteiger partial charge on any atom is -0.322 e. The van der Waals surface area contributed by atoms with Gasteiger partial charge in [-0.2, -0.15) is 5.10 Å². The maximum Gasteiger partial charge on any atom is 0.258 e. The molecule has 3 rings (SSSR count). The van der Waals surface area contributed by atoms with Gasteiger partial charge in [0.25, 0.3) is 5.91 Å². The van der Waals surface area contributed by atoms with Crippen LogP contribution in [0.4, 0.5) is 5.69 Å². The highest BCUT2D eigenvalue weighted by Gasteiger charge is 2.11. The van der Waals surface area contributed by atoms with Gasteiger partial charge in [-0.25, -0.2) is 18.2 Å². The first-order valence-corrected chi connectivity index (χ1v) is 9.61. The molecule has 7 nitrogen and oxygen atoms in total. The molecule has 1 aromatic heterocycles. The number of amides is 1. The molecule has 0 aliphatic carbocycles. The molecule has 0 aliphatic rings. The first-order valence-electron chi connectivity index (χ1n) is 7.51. The number of aromatic nitrogens is 2. The largest absolute Gasteiger partial charge is 0.322 e. The standard InChI is InChI=1S/C17H15ClN4O3S/c18-14-3-7-16(8-4-14)22-10-13(9-20-22)17(23)21-15-5-1-12(2-6-15)11-26(19,24)25/h1-10H,11H2,(H,21,23)(H2,19,24,25). The van der Waals surface area contributed by atoms with Crippen LogP contribution in [-0.4, -0.2) is 24.1 Å². The summed E-state index contributed by atoms with van der Waals surface area (Å²) in [4.78, 5) is 12.3. The Kier molecular flexibility index (Phi) is 5.08. The van der Waals surface area contributed by atoms with E-state index in [2.05, 4.69) is 10.4 Å². The van der Waals surface area contributed by atoms with Crippen molar-refractivity contribution in [2.45, 2.75) is 5.75 Å². The second kappa shape index (κ2) is 7.28. The Morgan fingerprint density at radius 2 is 1.77 bits per heavy atom. The molecule has 0 radical (unpaired) electrons. The Morgan fingerprint density at radius 3 is 2.38 bits per heavy atom. The SMILES string of the molecule is NS(=O)(=O)Cc1ccc(NC(=O)c2cnn(-c3ccc(Cl)cc3)c2)cc1. The van der Waals surface area contributed by atoms with E-state index in [0.717, 1.165) is 5.69 Å². The highest BCUT2D eigenvalue weighted by atomic mass is 35.5. The van der Waals surface area contributed by atoms with Crippen LogP contribution in [0.15, 0.2) is 60.9 Å². The zero-order valence-corrected chi connectivity index (χ0v) is 15.0. The van der Waals surface area contributed by atoms with Gasteiger partial charge in [0.05, 0.1) is 23.2 Å². The second-order valence-corrected chi connectivity index (χ2v) is 7.66. The smallest absolute Gasteiger partial charge is 0.258 e. The molecule has 0 atom stereocenters. The number of sulfonamides is 1. The van der Waals surface area contributed by atoms with E-state index in [1.54, 1.807) is 59.4 Å². The lowest BCUT2D eigenvalue weighted by Gasteiger charge is -2.05. The number of hydrogen-bond acceptors (Lipinski definition) is 4. The van der Waals surface area contributed by atoms with Crippen molar-refractivity contribution in [3.8, 4) is 5.69 Å². The first-order chi connectivity index (χ1) is 12.3. The van der Waals surface area contributed by atoms with Crippen molar-refractivity contribution in [1.82, 2.24) is 9.78 Å². The van der Waals surface area contributed by atoms with Gasteiger partial charge in [0.1, 0.15) is 0 Å². The fourth-order valence-corrected chi connectivity index (χ4v) is 3.08. The number of rotatable bonds is 5. The molecule has 0 unspecified atom stereocenters. The molecule has 0 bridgehead atoms. The molecule has 9 heteroatoms. The van der Waals surface area contributed by atoms with E-state index in [0.29, 0.717) is 21.8 Å².